The summed E-state index contributed by atoms with van der Waals surface area (Å²) in [6.45, 7) is 4.34. The monoisotopic (exact) mass is 206 g/mol. The van der Waals surface area contributed by atoms with Crippen LogP contribution in [0.5, 0.6) is 0 Å². The van der Waals surface area contributed by atoms with Gasteiger partial charge in [-0.15, -0.1) is 0 Å². The summed E-state index contributed by atoms with van der Waals surface area (Å²) < 4.78 is 22.3. The molecule has 0 aromatic carbocycles. The molecule has 0 aromatic heterocycles. The Balaban J connectivity index is 2.32. The molecule has 0 radical (unpaired) electrons. The van der Waals surface area contributed by atoms with Gasteiger partial charge >= 0.3 is 0 Å². The second-order valence-corrected chi connectivity index (χ2v) is 6.35. The number of hydrogen-bond acceptors (Lipinski definition) is 2. The van der Waals surface area contributed by atoms with Gasteiger partial charge in [0.2, 0.25) is 0 Å². The van der Waals surface area contributed by atoms with Crippen LogP contribution in [0.4, 0.5) is 0 Å². The summed E-state index contributed by atoms with van der Waals surface area (Å²) in [5.41, 5.74) is 0. The van der Waals surface area contributed by atoms with Gasteiger partial charge in [-0.25, -0.2) is 8.42 Å². The molecule has 2 atom stereocenters. The van der Waals surface area contributed by atoms with E-state index in [4.69, 9.17) is 0 Å². The number of sulfone groups is 1. The van der Waals surface area contributed by atoms with Gasteiger partial charge < -0.3 is 5.32 Å². The highest BCUT2D eigenvalue weighted by Gasteiger charge is 2.31. The Hall–Kier alpha value is -0.0900. The van der Waals surface area contributed by atoms with E-state index in [0.29, 0.717) is 23.6 Å². The van der Waals surface area contributed by atoms with Gasteiger partial charge in [0.1, 0.15) is 11.8 Å². The minimum absolute atomic E-state index is 0.326. The molecule has 1 rings (SSSR count). The van der Waals surface area contributed by atoms with Crippen LogP contribution in [0.25, 0.3) is 0 Å². The third-order valence-corrected chi connectivity index (χ3v) is 4.41. The number of hydrogen-bond donors (Lipinski definition) is 1. The molecule has 0 amide bonds. The Morgan fingerprint density at radius 3 is 2.69 bits per heavy atom. The molecule has 78 valence electrons. The van der Waals surface area contributed by atoms with Crippen LogP contribution in [0.2, 0.25) is 0 Å². The van der Waals surface area contributed by atoms with E-state index in [2.05, 4.69) is 19.2 Å². The van der Waals surface area contributed by atoms with Crippen LogP contribution < -0.4 is 5.32 Å². The van der Waals surface area contributed by atoms with Crippen molar-refractivity contribution in [1.82, 2.24) is 0 Å². The normalized spacial score (nSPS) is 28.9. The summed E-state index contributed by atoms with van der Waals surface area (Å²) in [4.78, 5) is 0. The summed E-state index contributed by atoms with van der Waals surface area (Å²) in [6.07, 6.45) is 3.20. The molecule has 1 aliphatic heterocycles. The first-order chi connectivity index (χ1) is 6.03. The van der Waals surface area contributed by atoms with Crippen LogP contribution in [0.3, 0.4) is 0 Å². The van der Waals surface area contributed by atoms with Crippen molar-refractivity contribution in [2.75, 3.05) is 11.5 Å². The summed E-state index contributed by atoms with van der Waals surface area (Å²) in [7, 11) is -2.69. The Morgan fingerprint density at radius 2 is 2.23 bits per heavy atom. The molecule has 0 aliphatic carbocycles. The fourth-order valence-corrected chi connectivity index (χ4v) is 3.75. The highest BCUT2D eigenvalue weighted by atomic mass is 32.2. The average molecular weight is 206 g/mol. The van der Waals surface area contributed by atoms with Gasteiger partial charge in [-0.3, -0.25) is 0 Å². The molecule has 0 aromatic rings. The maximum absolute atomic E-state index is 11.2. The SMILES string of the molecule is CCC[C@@H](C)[NH2+][C@H]1CCS(=O)(=O)C1. The van der Waals surface area contributed by atoms with Crippen molar-refractivity contribution < 1.29 is 13.7 Å². The molecule has 0 unspecified atom stereocenters. The van der Waals surface area contributed by atoms with Gasteiger partial charge in [0, 0.05) is 6.42 Å². The van der Waals surface area contributed by atoms with Crippen LogP contribution in [0.1, 0.15) is 33.1 Å². The highest BCUT2D eigenvalue weighted by Crippen LogP contribution is 2.08. The molecule has 1 aliphatic rings. The largest absolute Gasteiger partial charge is 0.341 e. The van der Waals surface area contributed by atoms with Gasteiger partial charge in [0.05, 0.1) is 11.8 Å². The molecule has 1 saturated heterocycles. The minimum Gasteiger partial charge on any atom is -0.341 e. The lowest BCUT2D eigenvalue weighted by molar-refractivity contribution is -0.714. The molecule has 0 spiro atoms. The smallest absolute Gasteiger partial charge is 0.156 e. The summed E-state index contributed by atoms with van der Waals surface area (Å²) >= 11 is 0. The van der Waals surface area contributed by atoms with Crippen LogP contribution in [-0.2, 0) is 9.84 Å². The lowest BCUT2D eigenvalue weighted by Gasteiger charge is -2.13. The van der Waals surface area contributed by atoms with Crippen molar-refractivity contribution in [1.29, 1.82) is 0 Å². The van der Waals surface area contributed by atoms with Crippen molar-refractivity contribution in [3.8, 4) is 0 Å². The summed E-state index contributed by atoms with van der Waals surface area (Å²) in [5, 5.41) is 2.23. The first-order valence-electron chi connectivity index (χ1n) is 5.09. The zero-order chi connectivity index (χ0) is 9.90. The molecule has 0 saturated carbocycles. The lowest BCUT2D eigenvalue weighted by Crippen LogP contribution is -2.94. The third-order valence-electron chi connectivity index (χ3n) is 2.61. The first-order valence-corrected chi connectivity index (χ1v) is 6.91. The minimum atomic E-state index is -2.69. The zero-order valence-corrected chi connectivity index (χ0v) is 9.31. The molecule has 0 bridgehead atoms. The van der Waals surface area contributed by atoms with E-state index < -0.39 is 9.84 Å². The van der Waals surface area contributed by atoms with Gasteiger partial charge in [-0.05, 0) is 13.3 Å². The number of rotatable bonds is 4. The van der Waals surface area contributed by atoms with Gasteiger partial charge in [0.15, 0.2) is 9.84 Å². The Kier molecular flexibility index (Phi) is 3.74. The third kappa shape index (κ3) is 3.65. The fourth-order valence-electron chi connectivity index (χ4n) is 1.99. The van der Waals surface area contributed by atoms with Crippen molar-refractivity contribution >= 4 is 9.84 Å². The van der Waals surface area contributed by atoms with E-state index in [1.165, 1.54) is 12.8 Å². The van der Waals surface area contributed by atoms with Crippen LogP contribution in [0, 0.1) is 0 Å². The Morgan fingerprint density at radius 1 is 1.54 bits per heavy atom. The molecule has 3 nitrogen and oxygen atoms in total. The number of nitrogens with two attached hydrogens (primary N) is 1. The highest BCUT2D eigenvalue weighted by molar-refractivity contribution is 7.91. The van der Waals surface area contributed by atoms with E-state index >= 15 is 0 Å². The average Bonchev–Trinajstić information content (AvgIpc) is 2.30. The standard InChI is InChI=1S/C9H19NO2S/c1-3-4-8(2)10-9-5-6-13(11,12)7-9/h8-10H,3-7H2,1-2H3/p+1/t8-,9+/m1/s1. The Bertz CT molecular complexity index is 248. The Labute approximate surface area is 80.8 Å². The predicted octanol–water partition coefficient (Wildman–Crippen LogP) is -0.0745. The summed E-state index contributed by atoms with van der Waals surface area (Å²) in [6, 6.07) is 0.898. The predicted molar refractivity (Wildman–Crippen MR) is 53.4 cm³/mol. The maximum Gasteiger partial charge on any atom is 0.156 e. The van der Waals surface area contributed by atoms with Crippen molar-refractivity contribution in [3.05, 3.63) is 0 Å². The maximum atomic E-state index is 11.2. The van der Waals surface area contributed by atoms with E-state index in [1.807, 2.05) is 0 Å². The molecule has 1 fully saturated rings. The molecular formula is C9H20NO2S+. The summed E-state index contributed by atoms with van der Waals surface area (Å²) in [5.74, 6) is 0.786. The van der Waals surface area contributed by atoms with Crippen molar-refractivity contribution in [3.63, 3.8) is 0 Å². The van der Waals surface area contributed by atoms with Crippen molar-refractivity contribution in [2.45, 2.75) is 45.2 Å². The van der Waals surface area contributed by atoms with Crippen molar-refractivity contribution in [2.24, 2.45) is 0 Å². The van der Waals surface area contributed by atoms with Gasteiger partial charge in [-0.2, -0.15) is 0 Å². The topological polar surface area (TPSA) is 50.8 Å². The zero-order valence-electron chi connectivity index (χ0n) is 8.49. The van der Waals surface area contributed by atoms with Crippen LogP contribution in [0.15, 0.2) is 0 Å². The van der Waals surface area contributed by atoms with E-state index in [1.54, 1.807) is 0 Å². The molecular weight excluding hydrogens is 186 g/mol. The second-order valence-electron chi connectivity index (χ2n) is 4.12. The van der Waals surface area contributed by atoms with E-state index in [-0.39, 0.29) is 0 Å². The van der Waals surface area contributed by atoms with E-state index in [9.17, 15) is 8.42 Å². The molecule has 1 heterocycles. The van der Waals surface area contributed by atoms with Gasteiger partial charge in [-0.1, -0.05) is 13.3 Å². The molecule has 2 N–H and O–H groups in total. The van der Waals surface area contributed by atoms with Crippen LogP contribution >= 0.6 is 0 Å². The number of quaternary nitrogens is 1. The van der Waals surface area contributed by atoms with E-state index in [0.717, 1.165) is 6.42 Å². The van der Waals surface area contributed by atoms with Gasteiger partial charge in [0.25, 0.3) is 0 Å². The first kappa shape index (κ1) is 11.0. The molecule has 13 heavy (non-hydrogen) atoms. The second kappa shape index (κ2) is 4.42. The molecule has 4 heteroatoms. The quantitative estimate of drug-likeness (QED) is 0.700. The van der Waals surface area contributed by atoms with Crippen LogP contribution in [-0.4, -0.2) is 32.0 Å². The lowest BCUT2D eigenvalue weighted by atomic mass is 10.1. The fraction of sp³-hybridized carbons (Fsp3) is 1.00.